The Labute approximate surface area is 82.7 Å². The van der Waals surface area contributed by atoms with Gasteiger partial charge in [-0.2, -0.15) is 0 Å². The topological polar surface area (TPSA) is 32.3 Å². The van der Waals surface area contributed by atoms with Crippen LogP contribution < -0.4 is 5.32 Å². The third kappa shape index (κ3) is 6.05. The molecule has 0 heterocycles. The van der Waals surface area contributed by atoms with E-state index in [2.05, 4.69) is 33.0 Å². The summed E-state index contributed by atoms with van der Waals surface area (Å²) >= 11 is 0. The minimum Gasteiger partial charge on any atom is -0.395 e. The van der Waals surface area contributed by atoms with Crippen molar-refractivity contribution in [2.24, 2.45) is 5.41 Å². The summed E-state index contributed by atoms with van der Waals surface area (Å²) in [6.07, 6.45) is 3.74. The number of unbranched alkanes of at least 4 members (excludes halogenated alkanes) is 2. The van der Waals surface area contributed by atoms with Crippen molar-refractivity contribution in [2.75, 3.05) is 13.2 Å². The summed E-state index contributed by atoms with van der Waals surface area (Å²) in [6, 6.07) is 0.226. The van der Waals surface area contributed by atoms with E-state index in [1.807, 2.05) is 0 Å². The zero-order valence-electron chi connectivity index (χ0n) is 9.56. The van der Waals surface area contributed by atoms with Crippen molar-refractivity contribution in [3.63, 3.8) is 0 Å². The monoisotopic (exact) mass is 187 g/mol. The Morgan fingerprint density at radius 1 is 1.23 bits per heavy atom. The molecule has 0 rings (SSSR count). The fourth-order valence-corrected chi connectivity index (χ4v) is 1.30. The van der Waals surface area contributed by atoms with Crippen LogP contribution in [0.5, 0.6) is 0 Å². The average Bonchev–Trinajstić information content (AvgIpc) is 2.02. The number of aliphatic hydroxyl groups is 1. The lowest BCUT2D eigenvalue weighted by Crippen LogP contribution is -2.43. The van der Waals surface area contributed by atoms with Crippen LogP contribution in [0.1, 0.15) is 47.0 Å². The number of hydrogen-bond acceptors (Lipinski definition) is 2. The van der Waals surface area contributed by atoms with Gasteiger partial charge in [0.05, 0.1) is 6.61 Å². The van der Waals surface area contributed by atoms with Gasteiger partial charge in [-0.1, -0.05) is 40.5 Å². The van der Waals surface area contributed by atoms with Gasteiger partial charge in [0.25, 0.3) is 0 Å². The molecule has 2 nitrogen and oxygen atoms in total. The maximum Gasteiger partial charge on any atom is 0.0589 e. The molecule has 0 aliphatic heterocycles. The SMILES string of the molecule is CCCCCN[C@H](CO)C(C)(C)C. The fourth-order valence-electron chi connectivity index (χ4n) is 1.30. The van der Waals surface area contributed by atoms with Crippen LogP contribution in [0.4, 0.5) is 0 Å². The van der Waals surface area contributed by atoms with Crippen LogP contribution in [-0.2, 0) is 0 Å². The van der Waals surface area contributed by atoms with E-state index in [9.17, 15) is 0 Å². The highest BCUT2D eigenvalue weighted by Gasteiger charge is 2.22. The Kier molecular flexibility index (Phi) is 6.35. The predicted octanol–water partition coefficient (Wildman–Crippen LogP) is 2.17. The van der Waals surface area contributed by atoms with Crippen molar-refractivity contribution in [3.8, 4) is 0 Å². The first kappa shape index (κ1) is 12.9. The van der Waals surface area contributed by atoms with Gasteiger partial charge in [0.1, 0.15) is 0 Å². The van der Waals surface area contributed by atoms with Crippen LogP contribution in [0, 0.1) is 5.41 Å². The summed E-state index contributed by atoms with van der Waals surface area (Å²) in [4.78, 5) is 0. The van der Waals surface area contributed by atoms with E-state index in [-0.39, 0.29) is 18.1 Å². The first-order chi connectivity index (χ1) is 6.02. The molecule has 2 N–H and O–H groups in total. The quantitative estimate of drug-likeness (QED) is 0.625. The lowest BCUT2D eigenvalue weighted by atomic mass is 9.87. The summed E-state index contributed by atoms with van der Waals surface area (Å²) in [6.45, 7) is 9.92. The first-order valence-electron chi connectivity index (χ1n) is 5.36. The molecule has 0 aromatic rings. The van der Waals surface area contributed by atoms with E-state index in [1.54, 1.807) is 0 Å². The normalized spacial score (nSPS) is 14.5. The number of aliphatic hydroxyl groups excluding tert-OH is 1. The molecule has 0 spiro atoms. The molecule has 0 bridgehead atoms. The van der Waals surface area contributed by atoms with Crippen LogP contribution >= 0.6 is 0 Å². The molecule has 0 saturated heterocycles. The molecule has 0 saturated carbocycles. The lowest BCUT2D eigenvalue weighted by Gasteiger charge is -2.30. The van der Waals surface area contributed by atoms with E-state index in [4.69, 9.17) is 5.11 Å². The molecule has 2 heteroatoms. The average molecular weight is 187 g/mol. The second-order valence-electron chi connectivity index (χ2n) is 4.76. The molecular weight excluding hydrogens is 162 g/mol. The molecule has 80 valence electrons. The summed E-state index contributed by atoms with van der Waals surface area (Å²) in [7, 11) is 0. The van der Waals surface area contributed by atoms with Gasteiger partial charge in [0.15, 0.2) is 0 Å². The first-order valence-corrected chi connectivity index (χ1v) is 5.36. The van der Waals surface area contributed by atoms with Gasteiger partial charge in [-0.15, -0.1) is 0 Å². The highest BCUT2D eigenvalue weighted by Crippen LogP contribution is 2.18. The highest BCUT2D eigenvalue weighted by molar-refractivity contribution is 4.79. The molecule has 0 amide bonds. The minimum absolute atomic E-state index is 0.154. The standard InChI is InChI=1S/C11H25NO/c1-5-6-7-8-12-10(9-13)11(2,3)4/h10,12-13H,5-9H2,1-4H3/t10-/m1/s1. The zero-order valence-corrected chi connectivity index (χ0v) is 9.56. The van der Waals surface area contributed by atoms with E-state index >= 15 is 0 Å². The number of nitrogens with one attached hydrogen (secondary N) is 1. The third-order valence-corrected chi connectivity index (χ3v) is 2.40. The molecule has 0 aromatic heterocycles. The molecule has 0 fully saturated rings. The third-order valence-electron chi connectivity index (χ3n) is 2.40. The summed E-state index contributed by atoms with van der Waals surface area (Å²) < 4.78 is 0. The maximum absolute atomic E-state index is 9.16. The number of hydrogen-bond donors (Lipinski definition) is 2. The highest BCUT2D eigenvalue weighted by atomic mass is 16.3. The molecule has 0 aliphatic rings. The van der Waals surface area contributed by atoms with Gasteiger partial charge in [0, 0.05) is 6.04 Å². The van der Waals surface area contributed by atoms with Gasteiger partial charge in [-0.05, 0) is 18.4 Å². The second-order valence-corrected chi connectivity index (χ2v) is 4.76. The van der Waals surface area contributed by atoms with Crippen LogP contribution in [0.2, 0.25) is 0 Å². The molecule has 13 heavy (non-hydrogen) atoms. The Morgan fingerprint density at radius 3 is 2.23 bits per heavy atom. The largest absolute Gasteiger partial charge is 0.395 e. The second kappa shape index (κ2) is 6.39. The van der Waals surface area contributed by atoms with Crippen molar-refractivity contribution in [3.05, 3.63) is 0 Å². The van der Waals surface area contributed by atoms with Crippen LogP contribution in [-0.4, -0.2) is 24.3 Å². The van der Waals surface area contributed by atoms with E-state index in [1.165, 1.54) is 19.3 Å². The van der Waals surface area contributed by atoms with Crippen molar-refractivity contribution in [1.29, 1.82) is 0 Å². The molecule has 0 aromatic carbocycles. The zero-order chi connectivity index (χ0) is 10.3. The van der Waals surface area contributed by atoms with Gasteiger partial charge in [-0.25, -0.2) is 0 Å². The van der Waals surface area contributed by atoms with Crippen molar-refractivity contribution in [1.82, 2.24) is 5.32 Å². The Bertz CT molecular complexity index is 118. The van der Waals surface area contributed by atoms with E-state index < -0.39 is 0 Å². The summed E-state index contributed by atoms with van der Waals surface area (Å²) in [5.74, 6) is 0. The van der Waals surface area contributed by atoms with Crippen molar-refractivity contribution < 1.29 is 5.11 Å². The maximum atomic E-state index is 9.16. The molecular formula is C11H25NO. The smallest absolute Gasteiger partial charge is 0.0589 e. The van der Waals surface area contributed by atoms with Crippen molar-refractivity contribution in [2.45, 2.75) is 53.0 Å². The predicted molar refractivity (Wildman–Crippen MR) is 57.9 cm³/mol. The van der Waals surface area contributed by atoms with E-state index in [0.29, 0.717) is 0 Å². The van der Waals surface area contributed by atoms with Crippen molar-refractivity contribution >= 4 is 0 Å². The summed E-state index contributed by atoms with van der Waals surface area (Å²) in [5, 5.41) is 12.5. The fraction of sp³-hybridized carbons (Fsp3) is 1.00. The van der Waals surface area contributed by atoms with Gasteiger partial charge in [0.2, 0.25) is 0 Å². The van der Waals surface area contributed by atoms with Gasteiger partial charge in [-0.3, -0.25) is 0 Å². The minimum atomic E-state index is 0.154. The molecule has 0 unspecified atom stereocenters. The Morgan fingerprint density at radius 2 is 1.85 bits per heavy atom. The van der Waals surface area contributed by atoms with Crippen LogP contribution in [0.25, 0.3) is 0 Å². The van der Waals surface area contributed by atoms with Gasteiger partial charge >= 0.3 is 0 Å². The van der Waals surface area contributed by atoms with Crippen LogP contribution in [0.3, 0.4) is 0 Å². The lowest BCUT2D eigenvalue weighted by molar-refractivity contribution is 0.159. The number of rotatable bonds is 6. The molecule has 1 atom stereocenters. The summed E-state index contributed by atoms with van der Waals surface area (Å²) in [5.41, 5.74) is 0.154. The molecule has 0 aliphatic carbocycles. The van der Waals surface area contributed by atoms with Crippen LogP contribution in [0.15, 0.2) is 0 Å². The van der Waals surface area contributed by atoms with Gasteiger partial charge < -0.3 is 10.4 Å². The van der Waals surface area contributed by atoms with E-state index in [0.717, 1.165) is 6.54 Å². The molecule has 0 radical (unpaired) electrons. The Balaban J connectivity index is 3.61. The Hall–Kier alpha value is -0.0800.